The molecule has 3 rings (SSSR count). The summed E-state index contributed by atoms with van der Waals surface area (Å²) in [5.74, 6) is 0. The maximum absolute atomic E-state index is 5.95. The first-order chi connectivity index (χ1) is 9.65. The van der Waals surface area contributed by atoms with Crippen molar-refractivity contribution >= 4 is 11.6 Å². The van der Waals surface area contributed by atoms with Crippen LogP contribution in [0.3, 0.4) is 0 Å². The molecule has 2 aliphatic carbocycles. The highest BCUT2D eigenvalue weighted by Gasteiger charge is 2.58. The van der Waals surface area contributed by atoms with Crippen molar-refractivity contribution in [2.75, 3.05) is 6.61 Å². The van der Waals surface area contributed by atoms with Gasteiger partial charge < -0.3 is 10.1 Å². The number of nitrogens with one attached hydrogen (secondary N) is 1. The Morgan fingerprint density at radius 2 is 2.05 bits per heavy atom. The molecule has 0 aromatic heterocycles. The van der Waals surface area contributed by atoms with Crippen molar-refractivity contribution in [3.63, 3.8) is 0 Å². The molecule has 3 heteroatoms. The van der Waals surface area contributed by atoms with Gasteiger partial charge in [0.25, 0.3) is 0 Å². The normalized spacial score (nSPS) is 28.8. The zero-order valence-corrected chi connectivity index (χ0v) is 13.1. The molecule has 0 saturated heterocycles. The molecule has 1 N–H and O–H groups in total. The van der Waals surface area contributed by atoms with E-state index in [-0.39, 0.29) is 0 Å². The summed E-state index contributed by atoms with van der Waals surface area (Å²) < 4.78 is 5.91. The van der Waals surface area contributed by atoms with E-state index in [2.05, 4.69) is 31.3 Å². The largest absolute Gasteiger partial charge is 0.378 e. The van der Waals surface area contributed by atoms with Gasteiger partial charge >= 0.3 is 0 Å². The van der Waals surface area contributed by atoms with Gasteiger partial charge in [-0.2, -0.15) is 0 Å². The van der Waals surface area contributed by atoms with Gasteiger partial charge in [0.15, 0.2) is 0 Å². The quantitative estimate of drug-likeness (QED) is 0.872. The average Bonchev–Trinajstić information content (AvgIpc) is 2.36. The van der Waals surface area contributed by atoms with E-state index in [1.165, 1.54) is 24.8 Å². The topological polar surface area (TPSA) is 21.3 Å². The number of benzene rings is 1. The Morgan fingerprint density at radius 1 is 1.35 bits per heavy atom. The monoisotopic (exact) mass is 293 g/mol. The highest BCUT2D eigenvalue weighted by atomic mass is 35.5. The van der Waals surface area contributed by atoms with E-state index in [0.717, 1.165) is 18.1 Å². The van der Waals surface area contributed by atoms with E-state index in [0.29, 0.717) is 23.6 Å². The van der Waals surface area contributed by atoms with Gasteiger partial charge in [-0.15, -0.1) is 0 Å². The van der Waals surface area contributed by atoms with Crippen LogP contribution in [0.15, 0.2) is 24.3 Å². The Kier molecular flexibility index (Phi) is 4.07. The molecule has 110 valence electrons. The molecule has 2 aliphatic rings. The highest BCUT2D eigenvalue weighted by Crippen LogP contribution is 2.57. The van der Waals surface area contributed by atoms with Crippen LogP contribution in [0.1, 0.15) is 51.1 Å². The van der Waals surface area contributed by atoms with Crippen molar-refractivity contribution in [1.29, 1.82) is 0 Å². The van der Waals surface area contributed by atoms with E-state index in [1.54, 1.807) is 0 Å². The summed E-state index contributed by atoms with van der Waals surface area (Å²) >= 11 is 5.95. The van der Waals surface area contributed by atoms with Crippen molar-refractivity contribution in [1.82, 2.24) is 5.32 Å². The predicted molar refractivity (Wildman–Crippen MR) is 83.1 cm³/mol. The first-order valence-electron chi connectivity index (χ1n) is 7.79. The lowest BCUT2D eigenvalue weighted by Crippen LogP contribution is -2.67. The van der Waals surface area contributed by atoms with Crippen molar-refractivity contribution in [3.05, 3.63) is 34.9 Å². The van der Waals surface area contributed by atoms with Crippen molar-refractivity contribution < 1.29 is 4.74 Å². The third kappa shape index (κ3) is 2.38. The van der Waals surface area contributed by atoms with Crippen LogP contribution >= 0.6 is 11.6 Å². The van der Waals surface area contributed by atoms with E-state index in [9.17, 15) is 0 Å². The van der Waals surface area contributed by atoms with Crippen molar-refractivity contribution in [2.24, 2.45) is 5.41 Å². The van der Waals surface area contributed by atoms with Gasteiger partial charge in [-0.3, -0.25) is 0 Å². The molecule has 0 bridgehead atoms. The second-order valence-electron chi connectivity index (χ2n) is 6.26. The zero-order chi connectivity index (χ0) is 14.2. The van der Waals surface area contributed by atoms with Gasteiger partial charge in [-0.1, -0.05) is 30.2 Å². The number of ether oxygens (including phenoxy) is 1. The standard InChI is InChI=1S/C17H24ClNO/c1-3-20-16-11-15(17(16)9-4-10-17)19-12(2)13-5-7-14(18)8-6-13/h5-8,12,15-16,19H,3-4,9-11H2,1-2H3/t12-,15?,16?/m0/s1. The van der Waals surface area contributed by atoms with Crippen LogP contribution in [-0.4, -0.2) is 18.8 Å². The van der Waals surface area contributed by atoms with Gasteiger partial charge in [0.05, 0.1) is 6.10 Å². The summed E-state index contributed by atoms with van der Waals surface area (Å²) in [4.78, 5) is 0. The molecule has 2 unspecified atom stereocenters. The van der Waals surface area contributed by atoms with Crippen LogP contribution in [0.25, 0.3) is 0 Å². The predicted octanol–water partition coefficient (Wildman–Crippen LogP) is 4.34. The molecule has 0 amide bonds. The molecule has 1 aromatic carbocycles. The van der Waals surface area contributed by atoms with Crippen LogP contribution in [0, 0.1) is 5.41 Å². The van der Waals surface area contributed by atoms with Gasteiger partial charge in [-0.25, -0.2) is 0 Å². The molecule has 3 atom stereocenters. The Morgan fingerprint density at radius 3 is 2.60 bits per heavy atom. The van der Waals surface area contributed by atoms with Crippen molar-refractivity contribution in [3.8, 4) is 0 Å². The fraction of sp³-hybridized carbons (Fsp3) is 0.647. The second kappa shape index (κ2) is 5.67. The van der Waals surface area contributed by atoms with E-state index >= 15 is 0 Å². The van der Waals surface area contributed by atoms with Crippen molar-refractivity contribution in [2.45, 2.75) is 57.7 Å². The van der Waals surface area contributed by atoms with Crippen LogP contribution < -0.4 is 5.32 Å². The summed E-state index contributed by atoms with van der Waals surface area (Å²) in [5.41, 5.74) is 1.74. The SMILES string of the molecule is CCOC1CC(N[C@@H](C)c2ccc(Cl)cc2)C12CCC2. The molecule has 2 fully saturated rings. The Bertz CT molecular complexity index is 455. The molecule has 1 aromatic rings. The van der Waals surface area contributed by atoms with E-state index < -0.39 is 0 Å². The Hall–Kier alpha value is -0.570. The van der Waals surface area contributed by atoms with E-state index in [1.807, 2.05) is 12.1 Å². The summed E-state index contributed by atoms with van der Waals surface area (Å²) in [5, 5.41) is 4.61. The number of hydrogen-bond donors (Lipinski definition) is 1. The fourth-order valence-corrected chi connectivity index (χ4v) is 3.95. The highest BCUT2D eigenvalue weighted by molar-refractivity contribution is 6.30. The third-order valence-corrected chi connectivity index (χ3v) is 5.51. The third-order valence-electron chi connectivity index (χ3n) is 5.26. The molecule has 0 heterocycles. The average molecular weight is 294 g/mol. The number of hydrogen-bond acceptors (Lipinski definition) is 2. The minimum absolute atomic E-state index is 0.373. The van der Waals surface area contributed by atoms with Crippen LogP contribution in [-0.2, 0) is 4.74 Å². The minimum atomic E-state index is 0.373. The second-order valence-corrected chi connectivity index (χ2v) is 6.70. The molecule has 0 aliphatic heterocycles. The minimum Gasteiger partial charge on any atom is -0.378 e. The maximum Gasteiger partial charge on any atom is 0.0661 e. The molecular weight excluding hydrogens is 270 g/mol. The van der Waals surface area contributed by atoms with E-state index in [4.69, 9.17) is 16.3 Å². The first-order valence-corrected chi connectivity index (χ1v) is 8.16. The summed E-state index contributed by atoms with van der Waals surface area (Å²) in [6.45, 7) is 5.18. The molecular formula is C17H24ClNO. The van der Waals surface area contributed by atoms with Gasteiger partial charge in [0.2, 0.25) is 0 Å². The van der Waals surface area contributed by atoms with Gasteiger partial charge in [-0.05, 0) is 50.8 Å². The van der Waals surface area contributed by atoms with Crippen LogP contribution in [0.4, 0.5) is 0 Å². The van der Waals surface area contributed by atoms with Crippen LogP contribution in [0.5, 0.6) is 0 Å². The molecule has 0 radical (unpaired) electrons. The molecule has 1 spiro atoms. The number of halogens is 1. The molecule has 2 saturated carbocycles. The molecule has 20 heavy (non-hydrogen) atoms. The lowest BCUT2D eigenvalue weighted by atomic mass is 9.51. The summed E-state index contributed by atoms with van der Waals surface area (Å²) in [6.07, 6.45) is 5.64. The Labute approximate surface area is 126 Å². The smallest absolute Gasteiger partial charge is 0.0661 e. The lowest BCUT2D eigenvalue weighted by Gasteiger charge is -2.61. The lowest BCUT2D eigenvalue weighted by molar-refractivity contribution is -0.174. The first kappa shape index (κ1) is 14.4. The summed E-state index contributed by atoms with van der Waals surface area (Å²) in [7, 11) is 0. The number of rotatable bonds is 5. The fourth-order valence-electron chi connectivity index (χ4n) is 3.82. The molecule has 2 nitrogen and oxygen atoms in total. The van der Waals surface area contributed by atoms with Crippen LogP contribution in [0.2, 0.25) is 5.02 Å². The zero-order valence-electron chi connectivity index (χ0n) is 12.4. The Balaban J connectivity index is 1.62. The van der Waals surface area contributed by atoms with Gasteiger partial charge in [0.1, 0.15) is 0 Å². The summed E-state index contributed by atoms with van der Waals surface area (Å²) in [6, 6.07) is 9.16. The van der Waals surface area contributed by atoms with Gasteiger partial charge in [0, 0.05) is 29.1 Å². The maximum atomic E-state index is 5.95.